The Morgan fingerprint density at radius 1 is 1.59 bits per heavy atom. The second-order valence-corrected chi connectivity index (χ2v) is 3.51. The van der Waals surface area contributed by atoms with Gasteiger partial charge < -0.3 is 15.8 Å². The van der Waals surface area contributed by atoms with Gasteiger partial charge in [0.25, 0.3) is 5.95 Å². The molecule has 2 aromatic rings. The number of hydrogen-bond donors (Lipinski definition) is 3. The molecular formula is C10H14N5O2+. The number of H-pyrrole nitrogens is 1. The third-order valence-electron chi connectivity index (χ3n) is 2.24. The number of ether oxygens (including phenoxy) is 1. The Kier molecular flexibility index (Phi) is 3.20. The molecule has 1 aromatic carbocycles. The lowest BCUT2D eigenvalue weighted by atomic mass is 10.3. The number of nitrogens with two attached hydrogens (primary N) is 1. The van der Waals surface area contributed by atoms with E-state index in [2.05, 4.69) is 15.4 Å². The molecule has 0 aliphatic carbocycles. The summed E-state index contributed by atoms with van der Waals surface area (Å²) in [5.74, 6) is 0.728. The van der Waals surface area contributed by atoms with Crippen LogP contribution in [-0.2, 0) is 0 Å². The minimum absolute atomic E-state index is 0.0693. The highest BCUT2D eigenvalue weighted by atomic mass is 16.5. The van der Waals surface area contributed by atoms with Gasteiger partial charge in [-0.05, 0) is 13.1 Å². The van der Waals surface area contributed by atoms with E-state index in [-0.39, 0.29) is 5.95 Å². The van der Waals surface area contributed by atoms with E-state index in [9.17, 15) is 4.91 Å². The molecule has 1 aromatic heterocycles. The van der Waals surface area contributed by atoms with E-state index in [0.29, 0.717) is 27.9 Å². The number of hydrogen-bond acceptors (Lipinski definition) is 5. The van der Waals surface area contributed by atoms with Crippen LogP contribution in [0.25, 0.3) is 11.0 Å². The molecule has 0 saturated carbocycles. The topological polar surface area (TPSA) is 98.9 Å². The van der Waals surface area contributed by atoms with Crippen molar-refractivity contribution in [3.05, 3.63) is 23.1 Å². The molecule has 7 nitrogen and oxygen atoms in total. The third kappa shape index (κ3) is 2.51. The summed E-state index contributed by atoms with van der Waals surface area (Å²) in [5, 5.41) is 5.34. The van der Waals surface area contributed by atoms with Gasteiger partial charge in [-0.15, -0.1) is 0 Å². The Morgan fingerprint density at radius 3 is 3.18 bits per heavy atom. The van der Waals surface area contributed by atoms with Crippen LogP contribution in [0.4, 0.5) is 5.95 Å². The monoisotopic (exact) mass is 236 g/mol. The highest BCUT2D eigenvalue weighted by Crippen LogP contribution is 2.16. The lowest BCUT2D eigenvalue weighted by molar-refractivity contribution is -0.535. The molecule has 0 atom stereocenters. The van der Waals surface area contributed by atoms with Crippen molar-refractivity contribution < 1.29 is 9.28 Å². The normalized spacial score (nSPS) is 10.6. The standard InChI is InChI=1S/C10H14N5O2/c1-12-4-5-17-7-2-3-9-8(6-7)13-10(11)14-15(9)16/h2-3,6,12H,4-5H2,1H3,(H3,11,13,14,16)/q+1. The Morgan fingerprint density at radius 2 is 2.41 bits per heavy atom. The number of nitrogen functional groups attached to an aromatic ring is 1. The molecule has 0 saturated heterocycles. The fourth-order valence-electron chi connectivity index (χ4n) is 1.44. The summed E-state index contributed by atoms with van der Waals surface area (Å²) in [7, 11) is 1.85. The molecule has 7 heteroatoms. The van der Waals surface area contributed by atoms with Crippen molar-refractivity contribution in [2.45, 2.75) is 0 Å². The van der Waals surface area contributed by atoms with Gasteiger partial charge in [-0.2, -0.15) is 0 Å². The molecule has 0 radical (unpaired) electrons. The van der Waals surface area contributed by atoms with Gasteiger partial charge in [0.2, 0.25) is 0 Å². The second kappa shape index (κ2) is 4.79. The highest BCUT2D eigenvalue weighted by molar-refractivity contribution is 5.73. The van der Waals surface area contributed by atoms with Gasteiger partial charge in [0, 0.05) is 18.7 Å². The average molecular weight is 236 g/mol. The number of anilines is 1. The van der Waals surface area contributed by atoms with E-state index < -0.39 is 0 Å². The van der Waals surface area contributed by atoms with Gasteiger partial charge in [0.15, 0.2) is 10.1 Å². The number of likely N-dealkylation sites (N-methyl/N-ethyl adjacent to an activating group) is 1. The van der Waals surface area contributed by atoms with Crippen molar-refractivity contribution in [2.24, 2.45) is 0 Å². The summed E-state index contributed by atoms with van der Waals surface area (Å²) < 4.78 is 6.05. The fourth-order valence-corrected chi connectivity index (χ4v) is 1.44. The SMILES string of the molecule is CNCCOc1ccc2c(c1)nc(N)[nH][n+]2=O. The van der Waals surface area contributed by atoms with Crippen molar-refractivity contribution in [1.29, 1.82) is 0 Å². The zero-order valence-electron chi connectivity index (χ0n) is 9.43. The molecule has 0 aliphatic rings. The van der Waals surface area contributed by atoms with Crippen LogP contribution in [0.3, 0.4) is 0 Å². The molecule has 0 fully saturated rings. The molecule has 1 heterocycles. The molecule has 0 unspecified atom stereocenters. The van der Waals surface area contributed by atoms with Crippen LogP contribution in [0.1, 0.15) is 0 Å². The molecule has 90 valence electrons. The first-order valence-corrected chi connectivity index (χ1v) is 5.20. The van der Waals surface area contributed by atoms with Crippen molar-refractivity contribution >= 4 is 17.0 Å². The maximum Gasteiger partial charge on any atom is 0.318 e. The predicted octanol–water partition coefficient (Wildman–Crippen LogP) is -0.342. The van der Waals surface area contributed by atoms with Crippen LogP contribution >= 0.6 is 0 Å². The first-order chi connectivity index (χ1) is 8.20. The first kappa shape index (κ1) is 11.3. The third-order valence-corrected chi connectivity index (χ3v) is 2.24. The van der Waals surface area contributed by atoms with Crippen molar-refractivity contribution in [3.8, 4) is 5.75 Å². The largest absolute Gasteiger partial charge is 0.492 e. The fraction of sp³-hybridized carbons (Fsp3) is 0.300. The number of benzene rings is 1. The lowest BCUT2D eigenvalue weighted by Gasteiger charge is -2.04. The predicted molar refractivity (Wildman–Crippen MR) is 63.3 cm³/mol. The van der Waals surface area contributed by atoms with Gasteiger partial charge in [0.05, 0.1) is 4.91 Å². The van der Waals surface area contributed by atoms with Crippen LogP contribution in [0, 0.1) is 4.91 Å². The number of nitrogens with zero attached hydrogens (tertiary/aromatic N) is 2. The minimum atomic E-state index is 0.0693. The van der Waals surface area contributed by atoms with Crippen LogP contribution in [0.15, 0.2) is 18.2 Å². The van der Waals surface area contributed by atoms with Gasteiger partial charge in [-0.25, -0.2) is 4.98 Å². The maximum atomic E-state index is 11.5. The molecule has 0 bridgehead atoms. The number of nitrogens with one attached hydrogen (secondary N) is 2. The minimum Gasteiger partial charge on any atom is -0.492 e. The quantitative estimate of drug-likeness (QED) is 0.498. The first-order valence-electron chi connectivity index (χ1n) is 5.20. The van der Waals surface area contributed by atoms with Gasteiger partial charge in [-0.1, -0.05) is 5.10 Å². The van der Waals surface area contributed by atoms with Crippen LogP contribution in [0.2, 0.25) is 0 Å². The van der Waals surface area contributed by atoms with E-state index >= 15 is 0 Å². The average Bonchev–Trinajstić information content (AvgIpc) is 2.28. The van der Waals surface area contributed by atoms with Crippen molar-refractivity contribution in [1.82, 2.24) is 15.4 Å². The zero-order chi connectivity index (χ0) is 12.3. The van der Waals surface area contributed by atoms with E-state index in [1.807, 2.05) is 7.05 Å². The van der Waals surface area contributed by atoms with Crippen molar-refractivity contribution in [2.75, 3.05) is 25.9 Å². The molecule has 4 N–H and O–H groups in total. The van der Waals surface area contributed by atoms with Crippen LogP contribution in [-0.4, -0.2) is 30.3 Å². The Bertz CT molecular complexity index is 580. The lowest BCUT2D eigenvalue weighted by Crippen LogP contribution is -2.23. The molecule has 0 aliphatic heterocycles. The summed E-state index contributed by atoms with van der Waals surface area (Å²) in [6, 6.07) is 5.04. The van der Waals surface area contributed by atoms with E-state index in [0.717, 1.165) is 6.54 Å². The summed E-state index contributed by atoms with van der Waals surface area (Å²) in [6.07, 6.45) is 0. The Labute approximate surface area is 97.2 Å². The number of fused-ring (bicyclic) bond motifs is 1. The molecular weight excluding hydrogens is 222 g/mol. The maximum absolute atomic E-state index is 11.5. The summed E-state index contributed by atoms with van der Waals surface area (Å²) >= 11 is 0. The van der Waals surface area contributed by atoms with E-state index in [1.54, 1.807) is 18.2 Å². The van der Waals surface area contributed by atoms with E-state index in [1.165, 1.54) is 0 Å². The van der Waals surface area contributed by atoms with Gasteiger partial charge >= 0.3 is 5.52 Å². The Balaban J connectivity index is 2.33. The molecule has 2 rings (SSSR count). The number of aromatic nitrogens is 3. The molecule has 0 amide bonds. The van der Waals surface area contributed by atoms with E-state index in [4.69, 9.17) is 10.5 Å². The number of aromatic amines is 1. The Hall–Kier alpha value is -2.15. The molecule has 0 spiro atoms. The highest BCUT2D eigenvalue weighted by Gasteiger charge is 2.10. The smallest absolute Gasteiger partial charge is 0.318 e. The molecule has 17 heavy (non-hydrogen) atoms. The van der Waals surface area contributed by atoms with Crippen LogP contribution in [0.5, 0.6) is 5.75 Å². The van der Waals surface area contributed by atoms with Gasteiger partial charge in [0.1, 0.15) is 12.4 Å². The second-order valence-electron chi connectivity index (χ2n) is 3.51. The summed E-state index contributed by atoms with van der Waals surface area (Å²) in [6.45, 7) is 1.30. The summed E-state index contributed by atoms with van der Waals surface area (Å²) in [5.41, 5.74) is 6.37. The summed E-state index contributed by atoms with van der Waals surface area (Å²) in [4.78, 5) is 15.5. The van der Waals surface area contributed by atoms with Crippen molar-refractivity contribution in [3.63, 3.8) is 0 Å². The van der Waals surface area contributed by atoms with Crippen LogP contribution < -0.4 is 20.3 Å². The number of rotatable bonds is 4. The zero-order valence-corrected chi connectivity index (χ0v) is 9.43. The van der Waals surface area contributed by atoms with Gasteiger partial charge in [-0.3, -0.25) is 0 Å².